The Kier molecular flexibility index (Phi) is 4.56. The molecule has 0 aromatic carbocycles. The van der Waals surface area contributed by atoms with Gasteiger partial charge in [-0.2, -0.15) is 11.8 Å². The van der Waals surface area contributed by atoms with E-state index in [0.29, 0.717) is 12.0 Å². The van der Waals surface area contributed by atoms with Crippen LogP contribution in [0.2, 0.25) is 0 Å². The molecule has 2 heterocycles. The van der Waals surface area contributed by atoms with Crippen molar-refractivity contribution in [3.8, 4) is 0 Å². The van der Waals surface area contributed by atoms with Gasteiger partial charge in [-0.15, -0.1) is 0 Å². The van der Waals surface area contributed by atoms with E-state index >= 15 is 0 Å². The Morgan fingerprint density at radius 2 is 2.35 bits per heavy atom. The molecule has 0 aromatic rings. The summed E-state index contributed by atoms with van der Waals surface area (Å²) in [6.07, 6.45) is 5.98. The number of fused-ring (bicyclic) bond motifs is 2. The Balaban J connectivity index is 1.64. The molecule has 2 amide bonds. The molecular formula is C12H22N2O2S. The fraction of sp³-hybridized carbons (Fsp3) is 0.917. The minimum atomic E-state index is -0.0425. The van der Waals surface area contributed by atoms with E-state index in [0.717, 1.165) is 31.6 Å². The van der Waals surface area contributed by atoms with Crippen LogP contribution in [0.4, 0.5) is 4.79 Å². The summed E-state index contributed by atoms with van der Waals surface area (Å²) in [7, 11) is 0. The fourth-order valence-electron chi connectivity index (χ4n) is 2.62. The SMILES string of the molecule is CSCC(C)CNC(=O)NC1CC2CCC1O2. The Labute approximate surface area is 107 Å². The first-order valence-electron chi connectivity index (χ1n) is 6.37. The molecule has 2 aliphatic heterocycles. The third-order valence-corrected chi connectivity index (χ3v) is 4.39. The van der Waals surface area contributed by atoms with Crippen LogP contribution in [0, 0.1) is 5.92 Å². The smallest absolute Gasteiger partial charge is 0.315 e. The molecule has 17 heavy (non-hydrogen) atoms. The molecule has 2 aliphatic rings. The Hall–Kier alpha value is -0.420. The van der Waals surface area contributed by atoms with Crippen LogP contribution in [0.25, 0.3) is 0 Å². The van der Waals surface area contributed by atoms with Gasteiger partial charge in [0.05, 0.1) is 18.2 Å². The van der Waals surface area contributed by atoms with Crippen molar-refractivity contribution < 1.29 is 9.53 Å². The second kappa shape index (κ2) is 5.96. The normalized spacial score (nSPS) is 32.5. The molecule has 2 bridgehead atoms. The number of amides is 2. The number of ether oxygens (including phenoxy) is 1. The van der Waals surface area contributed by atoms with Crippen LogP contribution in [-0.2, 0) is 4.74 Å². The lowest BCUT2D eigenvalue weighted by atomic mass is 9.96. The van der Waals surface area contributed by atoms with Gasteiger partial charge in [0, 0.05) is 6.54 Å². The zero-order valence-corrected chi connectivity index (χ0v) is 11.4. The minimum absolute atomic E-state index is 0.0425. The van der Waals surface area contributed by atoms with Gasteiger partial charge >= 0.3 is 6.03 Å². The summed E-state index contributed by atoms with van der Waals surface area (Å²) in [6.45, 7) is 2.89. The van der Waals surface area contributed by atoms with E-state index < -0.39 is 0 Å². The van der Waals surface area contributed by atoms with E-state index in [1.807, 2.05) is 11.8 Å². The first-order valence-corrected chi connectivity index (χ1v) is 7.77. The van der Waals surface area contributed by atoms with Gasteiger partial charge in [-0.1, -0.05) is 6.92 Å². The summed E-state index contributed by atoms with van der Waals surface area (Å²) >= 11 is 1.81. The van der Waals surface area contributed by atoms with E-state index in [-0.39, 0.29) is 18.2 Å². The molecule has 0 aliphatic carbocycles. The molecule has 2 N–H and O–H groups in total. The van der Waals surface area contributed by atoms with Crippen molar-refractivity contribution in [1.29, 1.82) is 0 Å². The van der Waals surface area contributed by atoms with E-state index in [1.54, 1.807) is 0 Å². The van der Waals surface area contributed by atoms with Crippen LogP contribution in [0.15, 0.2) is 0 Å². The lowest BCUT2D eigenvalue weighted by molar-refractivity contribution is 0.0981. The largest absolute Gasteiger partial charge is 0.373 e. The van der Waals surface area contributed by atoms with Gasteiger partial charge in [0.15, 0.2) is 0 Å². The predicted molar refractivity (Wildman–Crippen MR) is 70.4 cm³/mol. The summed E-state index contributed by atoms with van der Waals surface area (Å²) in [5, 5.41) is 5.96. The molecule has 0 saturated carbocycles. The van der Waals surface area contributed by atoms with Crippen molar-refractivity contribution in [3.05, 3.63) is 0 Å². The monoisotopic (exact) mass is 258 g/mol. The van der Waals surface area contributed by atoms with E-state index in [1.165, 1.54) is 0 Å². The van der Waals surface area contributed by atoms with Gasteiger partial charge in [0.25, 0.3) is 0 Å². The van der Waals surface area contributed by atoms with Crippen molar-refractivity contribution in [1.82, 2.24) is 10.6 Å². The summed E-state index contributed by atoms with van der Waals surface area (Å²) in [5.74, 6) is 1.60. The number of carbonyl (C=O) groups excluding carboxylic acids is 1. The number of hydrogen-bond donors (Lipinski definition) is 2. The average molecular weight is 258 g/mol. The van der Waals surface area contributed by atoms with Crippen LogP contribution in [0.1, 0.15) is 26.2 Å². The van der Waals surface area contributed by atoms with Crippen molar-refractivity contribution in [2.75, 3.05) is 18.6 Å². The molecule has 4 nitrogen and oxygen atoms in total. The van der Waals surface area contributed by atoms with E-state index in [9.17, 15) is 4.79 Å². The zero-order chi connectivity index (χ0) is 12.3. The van der Waals surface area contributed by atoms with Gasteiger partial charge in [0.2, 0.25) is 0 Å². The van der Waals surface area contributed by atoms with Gasteiger partial charge in [-0.3, -0.25) is 0 Å². The number of nitrogens with one attached hydrogen (secondary N) is 2. The number of carbonyl (C=O) groups is 1. The van der Waals surface area contributed by atoms with Crippen molar-refractivity contribution in [3.63, 3.8) is 0 Å². The topological polar surface area (TPSA) is 50.4 Å². The highest BCUT2D eigenvalue weighted by atomic mass is 32.2. The molecule has 0 aromatic heterocycles. The Morgan fingerprint density at radius 3 is 2.94 bits per heavy atom. The molecule has 4 atom stereocenters. The fourth-order valence-corrected chi connectivity index (χ4v) is 3.31. The second-order valence-corrected chi connectivity index (χ2v) is 6.04. The third kappa shape index (κ3) is 3.52. The molecular weight excluding hydrogens is 236 g/mol. The first-order chi connectivity index (χ1) is 8.19. The molecule has 98 valence electrons. The average Bonchev–Trinajstić information content (AvgIpc) is 2.88. The summed E-state index contributed by atoms with van der Waals surface area (Å²) < 4.78 is 5.70. The van der Waals surface area contributed by atoms with E-state index in [2.05, 4.69) is 23.8 Å². The molecule has 2 saturated heterocycles. The van der Waals surface area contributed by atoms with Crippen LogP contribution < -0.4 is 10.6 Å². The Bertz CT molecular complexity index is 275. The predicted octanol–water partition coefficient (Wildman–Crippen LogP) is 1.60. The number of thioether (sulfide) groups is 1. The maximum Gasteiger partial charge on any atom is 0.315 e. The molecule has 0 spiro atoms. The maximum atomic E-state index is 11.7. The van der Waals surface area contributed by atoms with Gasteiger partial charge < -0.3 is 15.4 Å². The summed E-state index contributed by atoms with van der Waals surface area (Å²) in [5.41, 5.74) is 0. The highest BCUT2D eigenvalue weighted by Gasteiger charge is 2.41. The minimum Gasteiger partial charge on any atom is -0.373 e. The quantitative estimate of drug-likeness (QED) is 0.787. The van der Waals surface area contributed by atoms with Crippen LogP contribution in [0.3, 0.4) is 0 Å². The van der Waals surface area contributed by atoms with Crippen molar-refractivity contribution in [2.24, 2.45) is 5.92 Å². The standard InChI is InChI=1S/C12H22N2O2S/c1-8(7-17-2)6-13-12(15)14-10-5-9-3-4-11(10)16-9/h8-11H,3-7H2,1-2H3,(H2,13,14,15). The summed E-state index contributed by atoms with van der Waals surface area (Å²) in [4.78, 5) is 11.7. The van der Waals surface area contributed by atoms with Crippen LogP contribution >= 0.6 is 11.8 Å². The molecule has 5 heteroatoms. The lowest BCUT2D eigenvalue weighted by Crippen LogP contribution is -2.47. The van der Waals surface area contributed by atoms with Gasteiger partial charge in [-0.05, 0) is 37.2 Å². The van der Waals surface area contributed by atoms with Crippen molar-refractivity contribution in [2.45, 2.75) is 44.4 Å². The molecule has 2 rings (SSSR count). The van der Waals surface area contributed by atoms with E-state index in [4.69, 9.17) is 4.74 Å². The highest BCUT2D eigenvalue weighted by molar-refractivity contribution is 7.98. The highest BCUT2D eigenvalue weighted by Crippen LogP contribution is 2.34. The maximum absolute atomic E-state index is 11.7. The van der Waals surface area contributed by atoms with Gasteiger partial charge in [-0.25, -0.2) is 4.79 Å². The molecule has 2 fully saturated rings. The third-order valence-electron chi connectivity index (χ3n) is 3.48. The number of hydrogen-bond acceptors (Lipinski definition) is 3. The summed E-state index contributed by atoms with van der Waals surface area (Å²) in [6, 6.07) is 0.184. The number of urea groups is 1. The molecule has 0 radical (unpaired) electrons. The van der Waals surface area contributed by atoms with Crippen molar-refractivity contribution >= 4 is 17.8 Å². The lowest BCUT2D eigenvalue weighted by Gasteiger charge is -2.21. The number of rotatable bonds is 5. The molecule has 4 unspecified atom stereocenters. The van der Waals surface area contributed by atoms with Crippen LogP contribution in [0.5, 0.6) is 0 Å². The first kappa shape index (κ1) is 13.0. The zero-order valence-electron chi connectivity index (χ0n) is 10.6. The Morgan fingerprint density at radius 1 is 1.53 bits per heavy atom. The van der Waals surface area contributed by atoms with Gasteiger partial charge in [0.1, 0.15) is 0 Å². The second-order valence-electron chi connectivity index (χ2n) is 5.13. The van der Waals surface area contributed by atoms with Crippen LogP contribution in [-0.4, -0.2) is 42.8 Å².